The fraction of sp³-hybridized carbons (Fsp3) is 0.462. The summed E-state index contributed by atoms with van der Waals surface area (Å²) in [6.45, 7) is 1.68. The van der Waals surface area contributed by atoms with Gasteiger partial charge in [0.25, 0.3) is 0 Å². The standard InChI is InChI=1S/C13H14ClFO3/c1-8(9-2-3-9)18-13(16)7-17-10-4-5-12(15)11(14)6-10/h4-6,8-9H,2-3,7H2,1H3. The summed E-state index contributed by atoms with van der Waals surface area (Å²) in [4.78, 5) is 11.5. The summed E-state index contributed by atoms with van der Waals surface area (Å²) in [5.74, 6) is -0.101. The molecule has 1 aromatic rings. The molecule has 0 saturated heterocycles. The van der Waals surface area contributed by atoms with Gasteiger partial charge in [0.1, 0.15) is 17.7 Å². The van der Waals surface area contributed by atoms with E-state index in [4.69, 9.17) is 21.1 Å². The molecule has 0 amide bonds. The summed E-state index contributed by atoms with van der Waals surface area (Å²) in [6, 6.07) is 3.93. The molecule has 5 heteroatoms. The van der Waals surface area contributed by atoms with Crippen LogP contribution in [-0.2, 0) is 9.53 Å². The summed E-state index contributed by atoms with van der Waals surface area (Å²) in [6.07, 6.45) is 2.17. The fourth-order valence-electron chi connectivity index (χ4n) is 1.61. The summed E-state index contributed by atoms with van der Waals surface area (Å²) in [5.41, 5.74) is 0. The Kier molecular flexibility index (Phi) is 4.07. The van der Waals surface area contributed by atoms with Crippen molar-refractivity contribution in [2.24, 2.45) is 5.92 Å². The smallest absolute Gasteiger partial charge is 0.344 e. The molecule has 1 aliphatic rings. The SMILES string of the molecule is CC(OC(=O)COc1ccc(F)c(Cl)c1)C1CC1. The van der Waals surface area contributed by atoms with E-state index >= 15 is 0 Å². The van der Waals surface area contributed by atoms with E-state index in [0.29, 0.717) is 11.7 Å². The lowest BCUT2D eigenvalue weighted by molar-refractivity contribution is -0.151. The van der Waals surface area contributed by atoms with Crippen LogP contribution in [0.25, 0.3) is 0 Å². The highest BCUT2D eigenvalue weighted by atomic mass is 35.5. The van der Waals surface area contributed by atoms with Crippen LogP contribution in [0.2, 0.25) is 5.02 Å². The predicted octanol–water partition coefficient (Wildman–Crippen LogP) is 3.20. The Labute approximate surface area is 110 Å². The molecule has 1 aromatic carbocycles. The average molecular weight is 273 g/mol. The molecule has 0 aromatic heterocycles. The number of rotatable bonds is 5. The summed E-state index contributed by atoms with van der Waals surface area (Å²) < 4.78 is 23.2. The minimum Gasteiger partial charge on any atom is -0.482 e. The topological polar surface area (TPSA) is 35.5 Å². The van der Waals surface area contributed by atoms with Crippen LogP contribution in [0.5, 0.6) is 5.75 Å². The number of carbonyl (C=O) groups excluding carboxylic acids is 1. The van der Waals surface area contributed by atoms with Gasteiger partial charge in [-0.15, -0.1) is 0 Å². The number of carbonyl (C=O) groups is 1. The van der Waals surface area contributed by atoms with Crippen LogP contribution in [0.1, 0.15) is 19.8 Å². The third kappa shape index (κ3) is 3.60. The Morgan fingerprint density at radius 1 is 1.56 bits per heavy atom. The van der Waals surface area contributed by atoms with Crippen LogP contribution in [0, 0.1) is 11.7 Å². The van der Waals surface area contributed by atoms with Crippen molar-refractivity contribution in [1.29, 1.82) is 0 Å². The van der Waals surface area contributed by atoms with Crippen LogP contribution in [0.3, 0.4) is 0 Å². The lowest BCUT2D eigenvalue weighted by atomic mass is 10.3. The molecule has 1 atom stereocenters. The largest absolute Gasteiger partial charge is 0.482 e. The number of esters is 1. The first-order valence-corrected chi connectivity index (χ1v) is 6.21. The fourth-order valence-corrected chi connectivity index (χ4v) is 1.78. The third-order valence-electron chi connectivity index (χ3n) is 2.85. The molecule has 0 N–H and O–H groups in total. The van der Waals surface area contributed by atoms with Gasteiger partial charge in [0, 0.05) is 6.07 Å². The molecular formula is C13H14ClFO3. The van der Waals surface area contributed by atoms with Gasteiger partial charge >= 0.3 is 5.97 Å². The van der Waals surface area contributed by atoms with Crippen molar-refractivity contribution in [1.82, 2.24) is 0 Å². The van der Waals surface area contributed by atoms with Gasteiger partial charge in [0.05, 0.1) is 5.02 Å². The van der Waals surface area contributed by atoms with E-state index in [1.165, 1.54) is 18.2 Å². The molecule has 1 unspecified atom stereocenters. The molecular weight excluding hydrogens is 259 g/mol. The van der Waals surface area contributed by atoms with Crippen LogP contribution in [0.15, 0.2) is 18.2 Å². The first kappa shape index (κ1) is 13.1. The Morgan fingerprint density at radius 3 is 2.89 bits per heavy atom. The zero-order chi connectivity index (χ0) is 13.1. The maximum Gasteiger partial charge on any atom is 0.344 e. The van der Waals surface area contributed by atoms with Crippen molar-refractivity contribution in [3.05, 3.63) is 29.0 Å². The first-order chi connectivity index (χ1) is 8.56. The van der Waals surface area contributed by atoms with E-state index in [1.54, 1.807) is 0 Å². The Bertz CT molecular complexity index is 446. The number of ether oxygens (including phenoxy) is 2. The minimum atomic E-state index is -0.519. The Hall–Kier alpha value is -1.29. The van der Waals surface area contributed by atoms with Crippen LogP contribution in [0.4, 0.5) is 4.39 Å². The molecule has 0 aliphatic heterocycles. The zero-order valence-corrected chi connectivity index (χ0v) is 10.7. The van der Waals surface area contributed by atoms with Crippen molar-refractivity contribution in [3.63, 3.8) is 0 Å². The van der Waals surface area contributed by atoms with Gasteiger partial charge in [-0.1, -0.05) is 11.6 Å². The van der Waals surface area contributed by atoms with Gasteiger partial charge in [0.15, 0.2) is 6.61 Å². The van der Waals surface area contributed by atoms with Gasteiger partial charge in [-0.05, 0) is 37.8 Å². The zero-order valence-electron chi connectivity index (χ0n) is 9.99. The molecule has 0 heterocycles. The van der Waals surface area contributed by atoms with Gasteiger partial charge < -0.3 is 9.47 Å². The molecule has 1 aliphatic carbocycles. The van der Waals surface area contributed by atoms with E-state index in [9.17, 15) is 9.18 Å². The van der Waals surface area contributed by atoms with Crippen LogP contribution < -0.4 is 4.74 Å². The molecule has 3 nitrogen and oxygen atoms in total. The van der Waals surface area contributed by atoms with Crippen LogP contribution >= 0.6 is 11.6 Å². The van der Waals surface area contributed by atoms with Gasteiger partial charge in [-0.25, -0.2) is 9.18 Å². The van der Waals surface area contributed by atoms with Crippen molar-refractivity contribution in [2.75, 3.05) is 6.61 Å². The number of halogens is 2. The molecule has 1 fully saturated rings. The monoisotopic (exact) mass is 272 g/mol. The third-order valence-corrected chi connectivity index (χ3v) is 3.14. The minimum absolute atomic E-state index is 0.0350. The maximum absolute atomic E-state index is 12.9. The van der Waals surface area contributed by atoms with E-state index in [0.717, 1.165) is 12.8 Å². The van der Waals surface area contributed by atoms with E-state index in [-0.39, 0.29) is 17.7 Å². The molecule has 18 heavy (non-hydrogen) atoms. The summed E-state index contributed by atoms with van der Waals surface area (Å²) in [5, 5.41) is -0.0350. The van der Waals surface area contributed by atoms with Gasteiger partial charge in [-0.3, -0.25) is 0 Å². The predicted molar refractivity (Wildman–Crippen MR) is 65.2 cm³/mol. The Morgan fingerprint density at radius 2 is 2.28 bits per heavy atom. The lowest BCUT2D eigenvalue weighted by Gasteiger charge is -2.12. The van der Waals surface area contributed by atoms with E-state index < -0.39 is 11.8 Å². The molecule has 0 radical (unpaired) electrons. The summed E-state index contributed by atoms with van der Waals surface area (Å²) in [7, 11) is 0. The lowest BCUT2D eigenvalue weighted by Crippen LogP contribution is -2.21. The molecule has 0 spiro atoms. The van der Waals surface area contributed by atoms with E-state index in [1.807, 2.05) is 6.92 Å². The van der Waals surface area contributed by atoms with Crippen molar-refractivity contribution in [3.8, 4) is 5.75 Å². The maximum atomic E-state index is 12.9. The second-order valence-electron chi connectivity index (χ2n) is 4.40. The highest BCUT2D eigenvalue weighted by Gasteiger charge is 2.30. The quantitative estimate of drug-likeness (QED) is 0.772. The molecule has 0 bridgehead atoms. The molecule has 2 rings (SSSR count). The second-order valence-corrected chi connectivity index (χ2v) is 4.80. The van der Waals surface area contributed by atoms with Gasteiger partial charge in [-0.2, -0.15) is 0 Å². The highest BCUT2D eigenvalue weighted by Crippen LogP contribution is 2.34. The molecule has 1 saturated carbocycles. The summed E-state index contributed by atoms with van der Waals surface area (Å²) >= 11 is 5.59. The molecule has 98 valence electrons. The van der Waals surface area contributed by atoms with Crippen molar-refractivity contribution in [2.45, 2.75) is 25.9 Å². The first-order valence-electron chi connectivity index (χ1n) is 5.83. The van der Waals surface area contributed by atoms with E-state index in [2.05, 4.69) is 0 Å². The van der Waals surface area contributed by atoms with Gasteiger partial charge in [0.2, 0.25) is 0 Å². The normalized spacial score (nSPS) is 16.2. The second kappa shape index (κ2) is 5.57. The van der Waals surface area contributed by atoms with Crippen LogP contribution in [-0.4, -0.2) is 18.7 Å². The number of hydrogen-bond donors (Lipinski definition) is 0. The number of hydrogen-bond acceptors (Lipinski definition) is 3. The van der Waals surface area contributed by atoms with Crippen molar-refractivity contribution < 1.29 is 18.7 Å². The highest BCUT2D eigenvalue weighted by molar-refractivity contribution is 6.30. The Balaban J connectivity index is 1.79. The van der Waals surface area contributed by atoms with Crippen molar-refractivity contribution >= 4 is 17.6 Å². The number of benzene rings is 1. The average Bonchev–Trinajstić information content (AvgIpc) is 3.14.